The molecule has 3 atom stereocenters. The third kappa shape index (κ3) is 1.11. The van der Waals surface area contributed by atoms with Crippen LogP contribution in [0.5, 0.6) is 0 Å². The molecule has 0 N–H and O–H groups in total. The van der Waals surface area contributed by atoms with Crippen LogP contribution in [-0.2, 0) is 3.07 Å². The summed E-state index contributed by atoms with van der Waals surface area (Å²) in [6.45, 7) is 0.950. The minimum atomic E-state index is 0.826. The van der Waals surface area contributed by atoms with Crippen LogP contribution in [0, 0.1) is 17.8 Å². The average Bonchev–Trinajstić information content (AvgIpc) is 2.48. The van der Waals surface area contributed by atoms with Gasteiger partial charge in [-0.2, -0.15) is 0 Å². The summed E-state index contributed by atoms with van der Waals surface area (Å²) in [6, 6.07) is 0. The van der Waals surface area contributed by atoms with Crippen molar-refractivity contribution in [1.82, 2.24) is 0 Å². The van der Waals surface area contributed by atoms with Gasteiger partial charge in [-0.05, 0) is 30.6 Å². The van der Waals surface area contributed by atoms with Crippen LogP contribution in [0.15, 0.2) is 12.2 Å². The van der Waals surface area contributed by atoms with Gasteiger partial charge in [-0.3, -0.25) is 0 Å². The Morgan fingerprint density at radius 2 is 2.30 bits per heavy atom. The molecule has 1 fully saturated rings. The van der Waals surface area contributed by atoms with Gasteiger partial charge in [0.2, 0.25) is 0 Å². The van der Waals surface area contributed by atoms with Gasteiger partial charge in [0, 0.05) is 0 Å². The lowest BCUT2D eigenvalue weighted by atomic mass is 9.95. The van der Waals surface area contributed by atoms with Crippen LogP contribution in [0.4, 0.5) is 0 Å². The van der Waals surface area contributed by atoms with Gasteiger partial charge in [0.05, 0.1) is 6.61 Å². The third-order valence-electron chi connectivity index (χ3n) is 2.69. The standard InChI is InChI=1S/C8H11IO/c9-10-5-8-4-6-1-2-7(8)3-6/h1-2,6-8H,3-5H2. The molecule has 0 radical (unpaired) electrons. The van der Waals surface area contributed by atoms with Gasteiger partial charge in [0.1, 0.15) is 23.0 Å². The molecule has 56 valence electrons. The Kier molecular flexibility index (Phi) is 2.00. The molecule has 0 heterocycles. The second-order valence-electron chi connectivity index (χ2n) is 3.32. The van der Waals surface area contributed by atoms with E-state index >= 15 is 0 Å². The van der Waals surface area contributed by atoms with Crippen LogP contribution in [0.25, 0.3) is 0 Å². The second kappa shape index (κ2) is 2.81. The molecule has 1 nitrogen and oxygen atoms in total. The molecule has 2 bridgehead atoms. The first-order chi connectivity index (χ1) is 4.90. The lowest BCUT2D eigenvalue weighted by molar-refractivity contribution is 0.289. The molecule has 3 unspecified atom stereocenters. The minimum Gasteiger partial charge on any atom is -0.315 e. The van der Waals surface area contributed by atoms with Gasteiger partial charge >= 0.3 is 0 Å². The zero-order chi connectivity index (χ0) is 6.97. The quantitative estimate of drug-likeness (QED) is 0.540. The molecule has 0 aromatic rings. The minimum absolute atomic E-state index is 0.826. The van der Waals surface area contributed by atoms with Crippen LogP contribution >= 0.6 is 23.0 Å². The van der Waals surface area contributed by atoms with Gasteiger partial charge in [-0.1, -0.05) is 12.2 Å². The summed E-state index contributed by atoms with van der Waals surface area (Å²) in [5.41, 5.74) is 0. The Bertz CT molecular complexity index is 155. The first-order valence-electron chi connectivity index (χ1n) is 3.82. The van der Waals surface area contributed by atoms with E-state index in [1.165, 1.54) is 12.8 Å². The highest BCUT2D eigenvalue weighted by molar-refractivity contribution is 14.1. The maximum absolute atomic E-state index is 5.11. The molecule has 2 rings (SSSR count). The Morgan fingerprint density at radius 1 is 1.40 bits per heavy atom. The summed E-state index contributed by atoms with van der Waals surface area (Å²) in [5, 5.41) is 0. The fraction of sp³-hybridized carbons (Fsp3) is 0.750. The third-order valence-corrected chi connectivity index (χ3v) is 3.05. The van der Waals surface area contributed by atoms with Gasteiger partial charge in [0.15, 0.2) is 0 Å². The fourth-order valence-electron chi connectivity index (χ4n) is 2.17. The van der Waals surface area contributed by atoms with E-state index in [4.69, 9.17) is 3.07 Å². The number of halogens is 1. The summed E-state index contributed by atoms with van der Waals surface area (Å²) in [4.78, 5) is 0. The molecular weight excluding hydrogens is 239 g/mol. The summed E-state index contributed by atoms with van der Waals surface area (Å²) < 4.78 is 5.11. The largest absolute Gasteiger partial charge is 0.315 e. The summed E-state index contributed by atoms with van der Waals surface area (Å²) in [7, 11) is 0. The maximum Gasteiger partial charge on any atom is 0.109 e. The van der Waals surface area contributed by atoms with Gasteiger partial charge in [0.25, 0.3) is 0 Å². The first-order valence-corrected chi connectivity index (χ1v) is 4.70. The molecule has 10 heavy (non-hydrogen) atoms. The molecule has 0 saturated heterocycles. The Morgan fingerprint density at radius 3 is 2.80 bits per heavy atom. The highest BCUT2D eigenvalue weighted by Crippen LogP contribution is 2.43. The maximum atomic E-state index is 5.11. The van der Waals surface area contributed by atoms with E-state index in [9.17, 15) is 0 Å². The monoisotopic (exact) mass is 250 g/mol. The van der Waals surface area contributed by atoms with Crippen LogP contribution in [0.2, 0.25) is 0 Å². The van der Waals surface area contributed by atoms with E-state index in [-0.39, 0.29) is 0 Å². The van der Waals surface area contributed by atoms with E-state index < -0.39 is 0 Å². The van der Waals surface area contributed by atoms with Crippen molar-refractivity contribution in [2.45, 2.75) is 12.8 Å². The SMILES string of the molecule is IOCC1CC2C=CC1C2. The van der Waals surface area contributed by atoms with E-state index in [1.54, 1.807) is 0 Å². The predicted octanol–water partition coefficient (Wildman–Crippen LogP) is 2.57. The second-order valence-corrected chi connectivity index (χ2v) is 3.94. The normalized spacial score (nSPS) is 43.1. The molecule has 0 spiro atoms. The zero-order valence-corrected chi connectivity index (χ0v) is 7.95. The van der Waals surface area contributed by atoms with Crippen molar-refractivity contribution >= 4 is 23.0 Å². The Balaban J connectivity index is 1.96. The van der Waals surface area contributed by atoms with E-state index in [0.29, 0.717) is 0 Å². The molecule has 2 aliphatic carbocycles. The van der Waals surface area contributed by atoms with Crippen LogP contribution in [0.1, 0.15) is 12.8 Å². The number of rotatable bonds is 2. The molecule has 0 aromatic carbocycles. The molecule has 0 amide bonds. The van der Waals surface area contributed by atoms with Crippen molar-refractivity contribution in [2.24, 2.45) is 17.8 Å². The summed E-state index contributed by atoms with van der Waals surface area (Å²) in [5.74, 6) is 2.56. The van der Waals surface area contributed by atoms with Crippen molar-refractivity contribution in [1.29, 1.82) is 0 Å². The van der Waals surface area contributed by atoms with Crippen LogP contribution in [-0.4, -0.2) is 6.61 Å². The smallest absolute Gasteiger partial charge is 0.109 e. The predicted molar refractivity (Wildman–Crippen MR) is 48.8 cm³/mol. The number of hydrogen-bond acceptors (Lipinski definition) is 1. The summed E-state index contributed by atoms with van der Waals surface area (Å²) >= 11 is 1.99. The van der Waals surface area contributed by atoms with E-state index in [1.807, 2.05) is 23.0 Å². The van der Waals surface area contributed by atoms with Crippen molar-refractivity contribution in [3.63, 3.8) is 0 Å². The van der Waals surface area contributed by atoms with Gasteiger partial charge in [-0.15, -0.1) is 0 Å². The topological polar surface area (TPSA) is 9.23 Å². The number of allylic oxidation sites excluding steroid dienone is 2. The molecule has 0 aromatic heterocycles. The molecule has 0 aliphatic heterocycles. The van der Waals surface area contributed by atoms with Crippen molar-refractivity contribution in [3.8, 4) is 0 Å². The number of fused-ring (bicyclic) bond motifs is 2. The van der Waals surface area contributed by atoms with Gasteiger partial charge in [-0.25, -0.2) is 0 Å². The van der Waals surface area contributed by atoms with Crippen LogP contribution < -0.4 is 0 Å². The molecular formula is C8H11IO. The Hall–Kier alpha value is 0.430. The lowest BCUT2D eigenvalue weighted by Gasteiger charge is -2.15. The van der Waals surface area contributed by atoms with E-state index in [2.05, 4.69) is 12.2 Å². The number of hydrogen-bond donors (Lipinski definition) is 0. The average molecular weight is 250 g/mol. The van der Waals surface area contributed by atoms with Crippen molar-refractivity contribution in [3.05, 3.63) is 12.2 Å². The van der Waals surface area contributed by atoms with Crippen molar-refractivity contribution in [2.75, 3.05) is 6.61 Å². The molecule has 2 heteroatoms. The molecule has 2 aliphatic rings. The van der Waals surface area contributed by atoms with Crippen molar-refractivity contribution < 1.29 is 3.07 Å². The molecule has 1 saturated carbocycles. The summed E-state index contributed by atoms with van der Waals surface area (Å²) in [6.07, 6.45) is 7.50. The van der Waals surface area contributed by atoms with Crippen LogP contribution in [0.3, 0.4) is 0 Å². The highest BCUT2D eigenvalue weighted by Gasteiger charge is 2.35. The first kappa shape index (κ1) is 7.10. The Labute approximate surface area is 75.5 Å². The highest BCUT2D eigenvalue weighted by atomic mass is 127. The zero-order valence-electron chi connectivity index (χ0n) is 5.79. The lowest BCUT2D eigenvalue weighted by Crippen LogP contribution is -2.11. The fourth-order valence-corrected chi connectivity index (χ4v) is 2.63. The van der Waals surface area contributed by atoms with E-state index in [0.717, 1.165) is 24.4 Å². The van der Waals surface area contributed by atoms with Gasteiger partial charge < -0.3 is 3.07 Å².